The average molecular weight is 628 g/mol. The van der Waals surface area contributed by atoms with Crippen LogP contribution in [0.2, 0.25) is 0 Å². The number of hydrogen-bond acceptors (Lipinski definition) is 8. The number of carbonyl (C=O) groups is 4. The van der Waals surface area contributed by atoms with Gasteiger partial charge in [-0.1, -0.05) is 12.1 Å². The monoisotopic (exact) mass is 627 g/mol. The first kappa shape index (κ1) is 30.0. The third-order valence-corrected chi connectivity index (χ3v) is 7.97. The van der Waals surface area contributed by atoms with Crippen molar-refractivity contribution in [2.75, 3.05) is 48.0 Å². The molecule has 6 rings (SSSR count). The number of alkyl halides is 3. The highest BCUT2D eigenvalue weighted by atomic mass is 19.4. The molecule has 3 aliphatic heterocycles. The van der Waals surface area contributed by atoms with Gasteiger partial charge in [-0.3, -0.25) is 29.5 Å². The summed E-state index contributed by atoms with van der Waals surface area (Å²) in [6.45, 7) is 0.898. The minimum atomic E-state index is -5.00. The molecule has 236 valence electrons. The number of nitrogens with one attached hydrogen (secondary N) is 2. The van der Waals surface area contributed by atoms with E-state index in [1.165, 1.54) is 11.0 Å². The summed E-state index contributed by atoms with van der Waals surface area (Å²) < 4.78 is 48.7. The van der Waals surface area contributed by atoms with Crippen molar-refractivity contribution in [3.63, 3.8) is 0 Å². The van der Waals surface area contributed by atoms with Crippen molar-refractivity contribution in [1.29, 1.82) is 0 Å². The van der Waals surface area contributed by atoms with Crippen LogP contribution in [-0.4, -0.2) is 80.7 Å². The zero-order valence-electron chi connectivity index (χ0n) is 23.9. The maximum absolute atomic E-state index is 13.6. The summed E-state index contributed by atoms with van der Waals surface area (Å²) >= 11 is 0. The molecule has 0 aromatic heterocycles. The van der Waals surface area contributed by atoms with Crippen LogP contribution in [0, 0.1) is 0 Å². The van der Waals surface area contributed by atoms with E-state index in [9.17, 15) is 37.5 Å². The third kappa shape index (κ3) is 5.78. The molecule has 3 aromatic rings. The molecule has 3 aliphatic rings. The number of rotatable bonds is 9. The van der Waals surface area contributed by atoms with Gasteiger partial charge in [-0.05, 0) is 37.1 Å². The predicted molar refractivity (Wildman–Crippen MR) is 156 cm³/mol. The molecule has 3 heterocycles. The van der Waals surface area contributed by atoms with Crippen LogP contribution in [0.15, 0.2) is 48.5 Å². The molecule has 4 amide bonds. The minimum absolute atomic E-state index is 0.0110. The largest absolute Gasteiger partial charge is 0.573 e. The van der Waals surface area contributed by atoms with Crippen LogP contribution >= 0.6 is 0 Å². The van der Waals surface area contributed by atoms with Crippen molar-refractivity contribution in [2.24, 2.45) is 0 Å². The van der Waals surface area contributed by atoms with Gasteiger partial charge in [0.15, 0.2) is 0 Å². The maximum atomic E-state index is 13.6. The zero-order chi connectivity index (χ0) is 32.0. The van der Waals surface area contributed by atoms with E-state index in [-0.39, 0.29) is 55.8 Å². The number of ether oxygens (including phenoxy) is 2. The van der Waals surface area contributed by atoms with Crippen LogP contribution in [0.1, 0.15) is 23.2 Å². The summed E-state index contributed by atoms with van der Waals surface area (Å²) in [4.78, 5) is 54.6. The minimum Gasteiger partial charge on any atom is -0.492 e. The zero-order valence-corrected chi connectivity index (χ0v) is 23.9. The second kappa shape index (κ2) is 11.5. The molecule has 0 saturated carbocycles. The Bertz CT molecular complexity index is 1710. The molecule has 0 bridgehead atoms. The molecule has 12 nitrogen and oxygen atoms in total. The highest BCUT2D eigenvalue weighted by molar-refractivity contribution is 6.27. The van der Waals surface area contributed by atoms with Gasteiger partial charge in [0, 0.05) is 55.3 Å². The molecule has 0 radical (unpaired) electrons. The van der Waals surface area contributed by atoms with Crippen LogP contribution in [0.25, 0.3) is 10.8 Å². The number of hydrogen-bond donors (Lipinski definition) is 3. The van der Waals surface area contributed by atoms with Crippen molar-refractivity contribution < 1.29 is 46.9 Å². The Hall–Kier alpha value is -5.05. The SMILES string of the molecule is CNCCOc1cc(OC(F)(F)F)cc(N(C(=O)O)C2CN(c3cc4c5c(cccc5c3)N(C3CCC(=O)NC3=O)C4=O)C2)c1. The topological polar surface area (TPSA) is 141 Å². The lowest BCUT2D eigenvalue weighted by molar-refractivity contribution is -0.274. The number of likely N-dealkylation sites (N-methyl/N-ethyl adjacent to an activating group) is 1. The Morgan fingerprint density at radius 1 is 1.11 bits per heavy atom. The van der Waals surface area contributed by atoms with Gasteiger partial charge in [0.1, 0.15) is 24.1 Å². The fourth-order valence-corrected chi connectivity index (χ4v) is 5.97. The van der Waals surface area contributed by atoms with Crippen LogP contribution in [0.3, 0.4) is 0 Å². The first-order valence-electron chi connectivity index (χ1n) is 14.1. The number of nitrogens with zero attached hydrogens (tertiary/aromatic N) is 3. The number of amides is 4. The molecule has 1 atom stereocenters. The van der Waals surface area contributed by atoms with E-state index >= 15 is 0 Å². The highest BCUT2D eigenvalue weighted by Gasteiger charge is 2.42. The smallest absolute Gasteiger partial charge is 0.492 e. The summed E-state index contributed by atoms with van der Waals surface area (Å²) in [5.74, 6) is -1.91. The van der Waals surface area contributed by atoms with Gasteiger partial charge in [-0.25, -0.2) is 4.79 Å². The van der Waals surface area contributed by atoms with Crippen molar-refractivity contribution in [3.05, 3.63) is 54.1 Å². The number of halogens is 3. The van der Waals surface area contributed by atoms with Crippen LogP contribution in [0.4, 0.5) is 35.0 Å². The quantitative estimate of drug-likeness (QED) is 0.240. The molecule has 3 aromatic carbocycles. The lowest BCUT2D eigenvalue weighted by atomic mass is 10.00. The summed E-state index contributed by atoms with van der Waals surface area (Å²) in [6.07, 6.45) is -6.06. The van der Waals surface area contributed by atoms with Crippen molar-refractivity contribution in [2.45, 2.75) is 31.3 Å². The lowest BCUT2D eigenvalue weighted by Gasteiger charge is -2.45. The van der Waals surface area contributed by atoms with E-state index in [1.54, 1.807) is 25.2 Å². The number of benzene rings is 3. The summed E-state index contributed by atoms with van der Waals surface area (Å²) in [5, 5.41) is 16.7. The van der Waals surface area contributed by atoms with Gasteiger partial charge in [-0.15, -0.1) is 13.2 Å². The molecule has 15 heteroatoms. The molecule has 0 aliphatic carbocycles. The molecule has 3 N–H and O–H groups in total. The summed E-state index contributed by atoms with van der Waals surface area (Å²) in [6, 6.07) is 10.8. The van der Waals surface area contributed by atoms with E-state index in [1.807, 2.05) is 17.0 Å². The van der Waals surface area contributed by atoms with Gasteiger partial charge in [-0.2, -0.15) is 0 Å². The second-order valence-corrected chi connectivity index (χ2v) is 10.9. The van der Waals surface area contributed by atoms with Crippen LogP contribution in [0.5, 0.6) is 11.5 Å². The van der Waals surface area contributed by atoms with E-state index in [0.717, 1.165) is 22.4 Å². The maximum Gasteiger partial charge on any atom is 0.573 e. The van der Waals surface area contributed by atoms with Gasteiger partial charge in [0.05, 0.1) is 23.0 Å². The van der Waals surface area contributed by atoms with E-state index in [0.29, 0.717) is 28.9 Å². The second-order valence-electron chi connectivity index (χ2n) is 10.9. The van der Waals surface area contributed by atoms with Crippen molar-refractivity contribution in [3.8, 4) is 11.5 Å². The normalized spacial score (nSPS) is 18.2. The molecule has 2 saturated heterocycles. The lowest BCUT2D eigenvalue weighted by Crippen LogP contribution is -2.61. The number of imide groups is 1. The Kier molecular flexibility index (Phi) is 7.64. The van der Waals surface area contributed by atoms with Gasteiger partial charge >= 0.3 is 12.5 Å². The number of piperidine rings is 1. The predicted octanol–water partition coefficient (Wildman–Crippen LogP) is 3.48. The standard InChI is InChI=1S/C30H28F3N5O7/c1-34-7-8-44-20-10-18(11-21(13-20)45-30(31,32)33)37(29(42)43)19-14-36(15-19)17-9-16-3-2-4-23-26(16)22(12-17)28(41)38(23)24-5-6-25(39)35-27(24)40/h2-4,9-13,19,24,34H,5-8,14-15H2,1H3,(H,42,43)(H,35,39,40). The first-order chi connectivity index (χ1) is 21.4. The Morgan fingerprint density at radius 3 is 2.56 bits per heavy atom. The van der Waals surface area contributed by atoms with E-state index in [4.69, 9.17) is 4.74 Å². The Labute approximate surface area is 254 Å². The fraction of sp³-hybridized carbons (Fsp3) is 0.333. The highest BCUT2D eigenvalue weighted by Crippen LogP contribution is 2.43. The van der Waals surface area contributed by atoms with E-state index < -0.39 is 36.2 Å². The first-order valence-corrected chi connectivity index (χ1v) is 14.1. The molecule has 45 heavy (non-hydrogen) atoms. The summed E-state index contributed by atoms with van der Waals surface area (Å²) in [5.41, 5.74) is 1.53. The Balaban J connectivity index is 1.25. The third-order valence-electron chi connectivity index (χ3n) is 7.97. The molecular weight excluding hydrogens is 599 g/mol. The molecule has 2 fully saturated rings. The number of carboxylic acid groups (broad SMARTS) is 1. The van der Waals surface area contributed by atoms with Gasteiger partial charge in [0.25, 0.3) is 5.91 Å². The van der Waals surface area contributed by atoms with Crippen LogP contribution < -0.4 is 34.8 Å². The molecule has 0 spiro atoms. The Morgan fingerprint density at radius 2 is 1.87 bits per heavy atom. The van der Waals surface area contributed by atoms with Crippen molar-refractivity contribution >= 4 is 51.6 Å². The fourth-order valence-electron chi connectivity index (χ4n) is 5.97. The summed E-state index contributed by atoms with van der Waals surface area (Å²) in [7, 11) is 1.68. The average Bonchev–Trinajstić information content (AvgIpc) is 3.21. The van der Waals surface area contributed by atoms with Crippen molar-refractivity contribution in [1.82, 2.24) is 10.6 Å². The van der Waals surface area contributed by atoms with Crippen LogP contribution in [-0.2, 0) is 9.59 Å². The van der Waals surface area contributed by atoms with Gasteiger partial charge in [0.2, 0.25) is 11.8 Å². The van der Waals surface area contributed by atoms with Gasteiger partial charge < -0.3 is 24.8 Å². The van der Waals surface area contributed by atoms with E-state index in [2.05, 4.69) is 15.4 Å². The number of carbonyl (C=O) groups excluding carboxylic acids is 3. The molecular formula is C30H28F3N5O7. The number of anilines is 3. The molecule has 1 unspecified atom stereocenters.